The summed E-state index contributed by atoms with van der Waals surface area (Å²) < 4.78 is 9.83. The first-order chi connectivity index (χ1) is 9.53. The van der Waals surface area contributed by atoms with E-state index in [9.17, 15) is 9.59 Å². The largest absolute Gasteiger partial charge is 0.455 e. The van der Waals surface area contributed by atoms with Crippen molar-refractivity contribution in [2.75, 3.05) is 0 Å². The molecule has 1 rings (SSSR count). The van der Waals surface area contributed by atoms with Gasteiger partial charge in [0.25, 0.3) is 0 Å². The van der Waals surface area contributed by atoms with E-state index in [2.05, 4.69) is 17.4 Å². The molecule has 1 aliphatic carbocycles. The molecule has 120 valence electrons. The van der Waals surface area contributed by atoms with Gasteiger partial charge in [-0.1, -0.05) is 12.7 Å². The summed E-state index contributed by atoms with van der Waals surface area (Å²) in [6.07, 6.45) is 4.55. The Morgan fingerprint density at radius 1 is 1.38 bits per heavy atom. The van der Waals surface area contributed by atoms with Crippen molar-refractivity contribution in [1.29, 1.82) is 0 Å². The zero-order valence-corrected chi connectivity index (χ0v) is 13.7. The minimum Gasteiger partial charge on any atom is -0.455 e. The van der Waals surface area contributed by atoms with E-state index in [-0.39, 0.29) is 12.1 Å². The molecule has 0 aromatic heterocycles. The maximum Gasteiger partial charge on any atom is 0.405 e. The van der Waals surface area contributed by atoms with Gasteiger partial charge in [0.2, 0.25) is 0 Å². The summed E-state index contributed by atoms with van der Waals surface area (Å²) in [5, 5.41) is 0. The fourth-order valence-electron chi connectivity index (χ4n) is 1.68. The molecule has 0 aliphatic heterocycles. The number of rotatable bonds is 2. The summed E-state index contributed by atoms with van der Waals surface area (Å²) in [6.45, 7) is 12.5. The van der Waals surface area contributed by atoms with Gasteiger partial charge in [-0.3, -0.25) is 0 Å². The Morgan fingerprint density at radius 3 is 2.29 bits per heavy atom. The molecule has 0 saturated heterocycles. The van der Waals surface area contributed by atoms with Crippen molar-refractivity contribution in [3.05, 3.63) is 23.8 Å². The van der Waals surface area contributed by atoms with Crippen LogP contribution in [-0.2, 0) is 14.3 Å². The van der Waals surface area contributed by atoms with E-state index in [0.717, 1.165) is 19.3 Å². The number of amides is 1. The zero-order valence-electron chi connectivity index (χ0n) is 13.7. The Balaban J connectivity index is 0.000000433. The minimum absolute atomic E-state index is 0.0158. The summed E-state index contributed by atoms with van der Waals surface area (Å²) in [6, 6.07) is 0. The van der Waals surface area contributed by atoms with E-state index in [0.29, 0.717) is 5.57 Å². The lowest BCUT2D eigenvalue weighted by Crippen LogP contribution is -2.27. The molecule has 5 nitrogen and oxygen atoms in total. The second kappa shape index (κ2) is 8.49. The summed E-state index contributed by atoms with van der Waals surface area (Å²) in [5.74, 6) is -0.278. The third-order valence-electron chi connectivity index (χ3n) is 2.65. The molecule has 0 radical (unpaired) electrons. The standard InChI is InChI=1S/C11H16O2.C5H11NO2/c1-8(2)11(12)13-10-7-5-4-6-9(10)3;1-5(2,3)8-4(6)7/h6,10H,1,4-5,7H2,2-3H3;1-3H3,(H2,6,7). The molecule has 0 saturated carbocycles. The normalized spacial score (nSPS) is 17.8. The lowest BCUT2D eigenvalue weighted by Gasteiger charge is -2.21. The highest BCUT2D eigenvalue weighted by Gasteiger charge is 2.18. The first-order valence-corrected chi connectivity index (χ1v) is 7.04. The van der Waals surface area contributed by atoms with Crippen LogP contribution in [0.15, 0.2) is 23.8 Å². The first kappa shape index (κ1) is 19.2. The maximum absolute atomic E-state index is 11.2. The van der Waals surface area contributed by atoms with Crippen LogP contribution >= 0.6 is 0 Å². The number of hydrogen-bond acceptors (Lipinski definition) is 4. The average molecular weight is 297 g/mol. The Labute approximate surface area is 127 Å². The van der Waals surface area contributed by atoms with Crippen molar-refractivity contribution >= 4 is 12.1 Å². The molecule has 5 heteroatoms. The predicted molar refractivity (Wildman–Crippen MR) is 82.7 cm³/mol. The number of esters is 1. The SMILES string of the molecule is C=C(C)C(=O)OC1CCCC=C1C.CC(C)(C)OC(N)=O. The zero-order chi connectivity index (χ0) is 16.6. The summed E-state index contributed by atoms with van der Waals surface area (Å²) in [5.41, 5.74) is 5.90. The van der Waals surface area contributed by atoms with Gasteiger partial charge >= 0.3 is 12.1 Å². The van der Waals surface area contributed by atoms with Crippen molar-refractivity contribution in [2.24, 2.45) is 5.73 Å². The number of allylic oxidation sites excluding steroid dienone is 1. The molecule has 1 unspecified atom stereocenters. The Bertz CT molecular complexity index is 418. The van der Waals surface area contributed by atoms with Crippen LogP contribution in [0, 0.1) is 0 Å². The number of hydrogen-bond donors (Lipinski definition) is 1. The molecule has 0 fully saturated rings. The number of carbonyl (C=O) groups excluding carboxylic acids is 2. The predicted octanol–water partition coefficient (Wildman–Crippen LogP) is 3.48. The Morgan fingerprint density at radius 2 is 1.95 bits per heavy atom. The second-order valence-corrected chi connectivity index (χ2v) is 6.09. The van der Waals surface area contributed by atoms with Gasteiger partial charge in [0.05, 0.1) is 0 Å². The van der Waals surface area contributed by atoms with E-state index in [1.165, 1.54) is 5.57 Å². The minimum atomic E-state index is -0.725. The summed E-state index contributed by atoms with van der Waals surface area (Å²) in [7, 11) is 0. The van der Waals surface area contributed by atoms with E-state index in [1.54, 1.807) is 27.7 Å². The molecule has 0 spiro atoms. The van der Waals surface area contributed by atoms with Gasteiger partial charge in [-0.2, -0.15) is 0 Å². The maximum atomic E-state index is 11.2. The average Bonchev–Trinajstić information content (AvgIpc) is 2.29. The topological polar surface area (TPSA) is 78.6 Å². The van der Waals surface area contributed by atoms with Gasteiger partial charge in [0.1, 0.15) is 11.7 Å². The highest BCUT2D eigenvalue weighted by molar-refractivity contribution is 5.87. The van der Waals surface area contributed by atoms with Crippen LogP contribution in [0.4, 0.5) is 4.79 Å². The van der Waals surface area contributed by atoms with Gasteiger partial charge in [-0.25, -0.2) is 9.59 Å². The molecule has 1 atom stereocenters. The van der Waals surface area contributed by atoms with Crippen LogP contribution in [-0.4, -0.2) is 23.8 Å². The number of carbonyl (C=O) groups is 2. The molecule has 0 aromatic rings. The van der Waals surface area contributed by atoms with Crippen LogP contribution in [0.2, 0.25) is 0 Å². The lowest BCUT2D eigenvalue weighted by molar-refractivity contribution is -0.143. The summed E-state index contributed by atoms with van der Waals surface area (Å²) >= 11 is 0. The van der Waals surface area contributed by atoms with E-state index in [1.807, 2.05) is 6.92 Å². The van der Waals surface area contributed by atoms with Crippen LogP contribution in [0.25, 0.3) is 0 Å². The van der Waals surface area contributed by atoms with E-state index in [4.69, 9.17) is 10.5 Å². The Kier molecular flexibility index (Phi) is 7.77. The van der Waals surface area contributed by atoms with Crippen molar-refractivity contribution in [3.8, 4) is 0 Å². The molecular formula is C16H27NO4. The van der Waals surface area contributed by atoms with Crippen LogP contribution in [0.1, 0.15) is 53.9 Å². The van der Waals surface area contributed by atoms with Crippen LogP contribution in [0.5, 0.6) is 0 Å². The molecule has 1 amide bonds. The third-order valence-corrected chi connectivity index (χ3v) is 2.65. The molecule has 21 heavy (non-hydrogen) atoms. The quantitative estimate of drug-likeness (QED) is 0.481. The first-order valence-electron chi connectivity index (χ1n) is 7.04. The fourth-order valence-corrected chi connectivity index (χ4v) is 1.68. The van der Waals surface area contributed by atoms with Crippen molar-refractivity contribution in [2.45, 2.75) is 65.6 Å². The van der Waals surface area contributed by atoms with Gasteiger partial charge < -0.3 is 15.2 Å². The highest BCUT2D eigenvalue weighted by atomic mass is 16.6. The third kappa shape index (κ3) is 9.71. The molecular weight excluding hydrogens is 270 g/mol. The lowest BCUT2D eigenvalue weighted by atomic mass is 9.98. The smallest absolute Gasteiger partial charge is 0.405 e. The molecule has 0 bridgehead atoms. The van der Waals surface area contributed by atoms with Crippen molar-refractivity contribution in [1.82, 2.24) is 0 Å². The molecule has 0 aromatic carbocycles. The molecule has 2 N–H and O–H groups in total. The van der Waals surface area contributed by atoms with Crippen LogP contribution in [0.3, 0.4) is 0 Å². The van der Waals surface area contributed by atoms with E-state index >= 15 is 0 Å². The number of ether oxygens (including phenoxy) is 2. The van der Waals surface area contributed by atoms with Gasteiger partial charge in [0, 0.05) is 5.57 Å². The fraction of sp³-hybridized carbons (Fsp3) is 0.625. The van der Waals surface area contributed by atoms with Gasteiger partial charge in [-0.15, -0.1) is 0 Å². The molecule has 0 heterocycles. The number of primary amides is 1. The van der Waals surface area contributed by atoms with Crippen molar-refractivity contribution in [3.63, 3.8) is 0 Å². The van der Waals surface area contributed by atoms with Gasteiger partial charge in [-0.05, 0) is 59.5 Å². The van der Waals surface area contributed by atoms with Crippen molar-refractivity contribution < 1.29 is 19.1 Å². The Hall–Kier alpha value is -1.78. The second-order valence-electron chi connectivity index (χ2n) is 6.09. The molecule has 1 aliphatic rings. The monoisotopic (exact) mass is 297 g/mol. The van der Waals surface area contributed by atoms with E-state index < -0.39 is 11.7 Å². The highest BCUT2D eigenvalue weighted by Crippen LogP contribution is 2.21. The van der Waals surface area contributed by atoms with Gasteiger partial charge in [0.15, 0.2) is 0 Å². The van der Waals surface area contributed by atoms with Crippen LogP contribution < -0.4 is 5.73 Å². The number of nitrogens with two attached hydrogens (primary N) is 1. The summed E-state index contributed by atoms with van der Waals surface area (Å²) in [4.78, 5) is 21.2.